The summed E-state index contributed by atoms with van der Waals surface area (Å²) in [6.07, 6.45) is 0.930. The third-order valence-electron chi connectivity index (χ3n) is 5.54. The first-order valence-corrected chi connectivity index (χ1v) is 10.8. The molecule has 3 rings (SSSR count). The van der Waals surface area contributed by atoms with E-state index in [9.17, 15) is 9.59 Å². The Hall–Kier alpha value is -3.34. The average molecular weight is 434 g/mol. The smallest absolute Gasteiger partial charge is 0.328 e. The summed E-state index contributed by atoms with van der Waals surface area (Å²) in [5, 5.41) is 2.74. The van der Waals surface area contributed by atoms with Gasteiger partial charge in [0.05, 0.1) is 7.11 Å². The number of amides is 1. The summed E-state index contributed by atoms with van der Waals surface area (Å²) in [4.78, 5) is 25.0. The summed E-state index contributed by atoms with van der Waals surface area (Å²) >= 11 is 0. The molecule has 1 atom stereocenters. The van der Waals surface area contributed by atoms with Crippen molar-refractivity contribution in [1.82, 2.24) is 5.32 Å². The predicted octanol–water partition coefficient (Wildman–Crippen LogP) is 4.99. The van der Waals surface area contributed by atoms with E-state index in [1.165, 1.54) is 18.2 Å². The number of carbonyl (C=O) groups is 2. The molecule has 0 unspecified atom stereocenters. The average Bonchev–Trinajstić information content (AvgIpc) is 3.23. The van der Waals surface area contributed by atoms with Crippen LogP contribution in [0.2, 0.25) is 0 Å². The molecule has 0 spiro atoms. The molecule has 1 amide bonds. The third kappa shape index (κ3) is 5.88. The molecule has 168 valence electrons. The molecule has 1 aromatic heterocycles. The van der Waals surface area contributed by atoms with Gasteiger partial charge in [0.2, 0.25) is 0 Å². The Morgan fingerprint density at radius 1 is 1.03 bits per heavy atom. The highest BCUT2D eigenvalue weighted by Crippen LogP contribution is 2.26. The van der Waals surface area contributed by atoms with Crippen LogP contribution in [0.4, 0.5) is 0 Å². The fourth-order valence-electron chi connectivity index (χ4n) is 3.53. The van der Waals surface area contributed by atoms with Gasteiger partial charge in [-0.25, -0.2) is 4.79 Å². The second kappa shape index (κ2) is 9.86. The Kier molecular flexibility index (Phi) is 7.18. The van der Waals surface area contributed by atoms with Crippen molar-refractivity contribution in [1.29, 1.82) is 0 Å². The van der Waals surface area contributed by atoms with E-state index in [-0.39, 0.29) is 11.2 Å². The Morgan fingerprint density at radius 3 is 2.41 bits per heavy atom. The summed E-state index contributed by atoms with van der Waals surface area (Å²) in [6.45, 7) is 8.63. The van der Waals surface area contributed by atoms with Crippen LogP contribution in [0, 0.1) is 6.92 Å². The van der Waals surface area contributed by atoms with Crippen molar-refractivity contribution in [2.24, 2.45) is 0 Å². The van der Waals surface area contributed by atoms with Gasteiger partial charge in [-0.05, 0) is 46.7 Å². The topological polar surface area (TPSA) is 68.5 Å². The van der Waals surface area contributed by atoms with Crippen LogP contribution in [0.5, 0.6) is 0 Å². The van der Waals surface area contributed by atoms with E-state index in [0.717, 1.165) is 11.1 Å². The van der Waals surface area contributed by atoms with Crippen molar-refractivity contribution in [2.45, 2.75) is 52.0 Å². The van der Waals surface area contributed by atoms with Crippen LogP contribution in [-0.2, 0) is 27.8 Å². The van der Waals surface area contributed by atoms with E-state index in [0.29, 0.717) is 18.6 Å². The van der Waals surface area contributed by atoms with E-state index in [1.807, 2.05) is 36.4 Å². The van der Waals surface area contributed by atoms with E-state index < -0.39 is 17.9 Å². The zero-order valence-corrected chi connectivity index (χ0v) is 19.4. The number of hydrogen-bond donors (Lipinski definition) is 1. The van der Waals surface area contributed by atoms with E-state index in [4.69, 9.17) is 9.15 Å². The van der Waals surface area contributed by atoms with Crippen molar-refractivity contribution in [3.8, 4) is 0 Å². The maximum atomic E-state index is 12.8. The van der Waals surface area contributed by atoms with Gasteiger partial charge in [0.15, 0.2) is 5.76 Å². The fourth-order valence-corrected chi connectivity index (χ4v) is 3.53. The molecular weight excluding hydrogens is 402 g/mol. The van der Waals surface area contributed by atoms with Gasteiger partial charge in [-0.3, -0.25) is 4.79 Å². The molecule has 0 radical (unpaired) electrons. The van der Waals surface area contributed by atoms with Gasteiger partial charge in [-0.15, -0.1) is 0 Å². The van der Waals surface area contributed by atoms with E-state index >= 15 is 0 Å². The minimum absolute atomic E-state index is 0.0539. The number of aryl methyl sites for hydroxylation is 1. The highest BCUT2D eigenvalue weighted by atomic mass is 16.5. The van der Waals surface area contributed by atoms with Crippen LogP contribution < -0.4 is 5.32 Å². The standard InChI is InChI=1S/C27H31NO4/c1-18-11-12-21(27(2,3)4)16-20(18)17-22-13-14-24(32-22)25(29)28-23(26(30)31-5)15-19-9-7-6-8-10-19/h6-14,16,23H,15,17H2,1-5H3,(H,28,29)/t23-/m1/s1. The van der Waals surface area contributed by atoms with Crippen LogP contribution >= 0.6 is 0 Å². The maximum absolute atomic E-state index is 12.8. The lowest BCUT2D eigenvalue weighted by Crippen LogP contribution is -2.43. The molecule has 0 saturated heterocycles. The molecule has 0 saturated carbocycles. The van der Waals surface area contributed by atoms with Gasteiger partial charge in [0.1, 0.15) is 11.8 Å². The number of nitrogens with one attached hydrogen (secondary N) is 1. The number of carbonyl (C=O) groups excluding carboxylic acids is 2. The lowest BCUT2D eigenvalue weighted by atomic mass is 9.85. The first kappa shape index (κ1) is 23.3. The summed E-state index contributed by atoms with van der Waals surface area (Å²) in [5.74, 6) is -0.0695. The first-order valence-electron chi connectivity index (χ1n) is 10.8. The van der Waals surface area contributed by atoms with Gasteiger partial charge in [-0.1, -0.05) is 69.3 Å². The molecule has 3 aromatic rings. The SMILES string of the molecule is COC(=O)[C@@H](Cc1ccccc1)NC(=O)c1ccc(Cc2cc(C(C)(C)C)ccc2C)o1. The molecule has 1 heterocycles. The molecule has 0 fully saturated rings. The molecule has 32 heavy (non-hydrogen) atoms. The minimum Gasteiger partial charge on any atom is -0.467 e. The van der Waals surface area contributed by atoms with Gasteiger partial charge in [-0.2, -0.15) is 0 Å². The van der Waals surface area contributed by atoms with Crippen LogP contribution in [0.3, 0.4) is 0 Å². The summed E-state index contributed by atoms with van der Waals surface area (Å²) < 4.78 is 10.7. The highest BCUT2D eigenvalue weighted by Gasteiger charge is 2.24. The Morgan fingerprint density at radius 2 is 1.75 bits per heavy atom. The van der Waals surface area contributed by atoms with Crippen LogP contribution in [0.1, 0.15) is 59.3 Å². The number of ether oxygens (including phenoxy) is 1. The lowest BCUT2D eigenvalue weighted by molar-refractivity contribution is -0.142. The van der Waals surface area contributed by atoms with Crippen LogP contribution in [-0.4, -0.2) is 25.0 Å². The Bertz CT molecular complexity index is 1080. The van der Waals surface area contributed by atoms with Gasteiger partial charge in [0.25, 0.3) is 5.91 Å². The van der Waals surface area contributed by atoms with E-state index in [2.05, 4.69) is 51.2 Å². The summed E-state index contributed by atoms with van der Waals surface area (Å²) in [7, 11) is 1.31. The predicted molar refractivity (Wildman–Crippen MR) is 125 cm³/mol. The zero-order chi connectivity index (χ0) is 23.3. The largest absolute Gasteiger partial charge is 0.467 e. The first-order chi connectivity index (χ1) is 15.2. The number of methoxy groups -OCH3 is 1. The third-order valence-corrected chi connectivity index (χ3v) is 5.54. The normalized spacial score (nSPS) is 12.3. The molecule has 0 bridgehead atoms. The highest BCUT2D eigenvalue weighted by molar-refractivity contribution is 5.94. The van der Waals surface area contributed by atoms with Crippen LogP contribution in [0.15, 0.2) is 65.1 Å². The maximum Gasteiger partial charge on any atom is 0.328 e. The zero-order valence-electron chi connectivity index (χ0n) is 19.4. The van der Waals surface area contributed by atoms with Gasteiger partial charge >= 0.3 is 5.97 Å². The molecule has 1 N–H and O–H groups in total. The Balaban J connectivity index is 1.73. The van der Waals surface area contributed by atoms with Gasteiger partial charge < -0.3 is 14.5 Å². The van der Waals surface area contributed by atoms with Crippen molar-refractivity contribution >= 4 is 11.9 Å². The van der Waals surface area contributed by atoms with Crippen molar-refractivity contribution < 1.29 is 18.7 Å². The number of benzene rings is 2. The molecule has 0 aliphatic carbocycles. The van der Waals surface area contributed by atoms with Crippen molar-refractivity contribution in [3.63, 3.8) is 0 Å². The van der Waals surface area contributed by atoms with E-state index in [1.54, 1.807) is 6.07 Å². The number of esters is 1. The molecule has 5 heteroatoms. The summed E-state index contributed by atoms with van der Waals surface area (Å²) in [6, 6.07) is 18.6. The quantitative estimate of drug-likeness (QED) is 0.533. The monoisotopic (exact) mass is 433 g/mol. The second-order valence-corrected chi connectivity index (χ2v) is 9.07. The molecule has 0 aliphatic heterocycles. The number of rotatable bonds is 7. The van der Waals surface area contributed by atoms with Crippen molar-refractivity contribution in [2.75, 3.05) is 7.11 Å². The minimum atomic E-state index is -0.797. The van der Waals surface area contributed by atoms with Gasteiger partial charge in [0, 0.05) is 12.8 Å². The summed E-state index contributed by atoms with van der Waals surface area (Å²) in [5.41, 5.74) is 4.57. The Labute approximate surface area is 189 Å². The molecule has 5 nitrogen and oxygen atoms in total. The lowest BCUT2D eigenvalue weighted by Gasteiger charge is -2.20. The fraction of sp³-hybridized carbons (Fsp3) is 0.333. The molecule has 2 aromatic carbocycles. The van der Waals surface area contributed by atoms with Crippen LogP contribution in [0.25, 0.3) is 0 Å². The second-order valence-electron chi connectivity index (χ2n) is 9.07. The molecular formula is C27H31NO4. The number of furan rings is 1. The number of hydrogen-bond acceptors (Lipinski definition) is 4. The van der Waals surface area contributed by atoms with Crippen molar-refractivity contribution in [3.05, 3.63) is 94.4 Å². The molecule has 0 aliphatic rings.